The number of pyridine rings is 1. The van der Waals surface area contributed by atoms with Crippen LogP contribution in [-0.2, 0) is 18.3 Å². The molecule has 0 amide bonds. The predicted molar refractivity (Wildman–Crippen MR) is 129 cm³/mol. The van der Waals surface area contributed by atoms with E-state index in [4.69, 9.17) is 19.2 Å². The van der Waals surface area contributed by atoms with Crippen LogP contribution in [0.25, 0.3) is 22.3 Å². The summed E-state index contributed by atoms with van der Waals surface area (Å²) in [5, 5.41) is 5.20. The average molecular weight is 453 g/mol. The van der Waals surface area contributed by atoms with Crippen molar-refractivity contribution in [1.82, 2.24) is 20.1 Å². The molecule has 172 valence electrons. The predicted octanol–water partition coefficient (Wildman–Crippen LogP) is 5.79. The minimum atomic E-state index is -0.121. The minimum Gasteiger partial charge on any atom is -0.474 e. The van der Waals surface area contributed by atoms with Crippen molar-refractivity contribution in [3.63, 3.8) is 0 Å². The SMILES string of the molecule is C[C@H]1c2oncc2C[C@@]2(C)c3nc(-c4ccnc5ccccc45)nc(OC4CCC4)c3CC[C@H]12. The first-order chi connectivity index (χ1) is 16.6. The number of hydrogen-bond acceptors (Lipinski definition) is 6. The number of fused-ring (bicyclic) bond motifs is 5. The summed E-state index contributed by atoms with van der Waals surface area (Å²) in [6, 6.07) is 10.2. The van der Waals surface area contributed by atoms with E-state index in [0.29, 0.717) is 11.8 Å². The Morgan fingerprint density at radius 1 is 1.09 bits per heavy atom. The highest BCUT2D eigenvalue weighted by molar-refractivity contribution is 5.92. The fourth-order valence-electron chi connectivity index (χ4n) is 6.48. The quantitative estimate of drug-likeness (QED) is 0.392. The topological polar surface area (TPSA) is 73.9 Å². The van der Waals surface area contributed by atoms with Crippen molar-refractivity contribution in [2.75, 3.05) is 0 Å². The minimum absolute atomic E-state index is 0.121. The van der Waals surface area contributed by atoms with Crippen molar-refractivity contribution in [3.8, 4) is 17.3 Å². The summed E-state index contributed by atoms with van der Waals surface area (Å²) < 4.78 is 12.2. The average Bonchev–Trinajstić information content (AvgIpc) is 3.29. The molecular formula is C28H28N4O2. The van der Waals surface area contributed by atoms with E-state index in [9.17, 15) is 0 Å². The summed E-state index contributed by atoms with van der Waals surface area (Å²) in [4.78, 5) is 14.9. The van der Waals surface area contributed by atoms with Crippen LogP contribution in [0.2, 0.25) is 0 Å². The van der Waals surface area contributed by atoms with Gasteiger partial charge in [0, 0.05) is 39.6 Å². The number of aromatic nitrogens is 4. The molecule has 6 heteroatoms. The molecule has 1 saturated carbocycles. The third kappa shape index (κ3) is 2.87. The van der Waals surface area contributed by atoms with Gasteiger partial charge in [-0.25, -0.2) is 4.98 Å². The second kappa shape index (κ2) is 7.36. The molecule has 34 heavy (non-hydrogen) atoms. The van der Waals surface area contributed by atoms with Gasteiger partial charge in [0.15, 0.2) is 5.82 Å². The van der Waals surface area contributed by atoms with Gasteiger partial charge in [-0.1, -0.05) is 37.2 Å². The van der Waals surface area contributed by atoms with Crippen LogP contribution in [0.4, 0.5) is 0 Å². The molecule has 0 aliphatic heterocycles. The third-order valence-electron chi connectivity index (χ3n) is 8.51. The van der Waals surface area contributed by atoms with Crippen LogP contribution in [0.1, 0.15) is 68.0 Å². The number of ether oxygens (including phenoxy) is 1. The van der Waals surface area contributed by atoms with Crippen molar-refractivity contribution in [3.05, 3.63) is 65.3 Å². The van der Waals surface area contributed by atoms with E-state index >= 15 is 0 Å². The molecule has 1 fully saturated rings. The third-order valence-corrected chi connectivity index (χ3v) is 8.51. The van der Waals surface area contributed by atoms with Crippen LogP contribution in [0.5, 0.6) is 5.88 Å². The van der Waals surface area contributed by atoms with Crippen LogP contribution in [-0.4, -0.2) is 26.2 Å². The zero-order valence-corrected chi connectivity index (χ0v) is 19.6. The first-order valence-electron chi connectivity index (χ1n) is 12.5. The Morgan fingerprint density at radius 2 is 1.97 bits per heavy atom. The summed E-state index contributed by atoms with van der Waals surface area (Å²) in [5.41, 5.74) is 5.38. The van der Waals surface area contributed by atoms with Crippen molar-refractivity contribution in [2.45, 2.75) is 69.8 Å². The van der Waals surface area contributed by atoms with Gasteiger partial charge in [-0.3, -0.25) is 4.98 Å². The molecule has 6 nitrogen and oxygen atoms in total. The number of para-hydroxylation sites is 1. The van der Waals surface area contributed by atoms with Gasteiger partial charge in [0.2, 0.25) is 5.88 Å². The maximum atomic E-state index is 6.53. The van der Waals surface area contributed by atoms with E-state index in [0.717, 1.165) is 71.7 Å². The smallest absolute Gasteiger partial charge is 0.220 e. The second-order valence-corrected chi connectivity index (χ2v) is 10.5. The summed E-state index contributed by atoms with van der Waals surface area (Å²) in [6.07, 6.45) is 10.3. The van der Waals surface area contributed by atoms with Gasteiger partial charge in [0.05, 0.1) is 17.4 Å². The largest absolute Gasteiger partial charge is 0.474 e. The molecule has 3 aliphatic carbocycles. The Labute approximate surface area is 198 Å². The maximum absolute atomic E-state index is 6.53. The van der Waals surface area contributed by atoms with Crippen molar-refractivity contribution >= 4 is 10.9 Å². The van der Waals surface area contributed by atoms with E-state index in [2.05, 4.69) is 30.1 Å². The van der Waals surface area contributed by atoms with Crippen LogP contribution in [0, 0.1) is 5.92 Å². The molecule has 0 radical (unpaired) electrons. The summed E-state index contributed by atoms with van der Waals surface area (Å²) in [5.74, 6) is 3.31. The second-order valence-electron chi connectivity index (χ2n) is 10.5. The Bertz CT molecular complexity index is 1400. The lowest BCUT2D eigenvalue weighted by Crippen LogP contribution is -2.45. The lowest BCUT2D eigenvalue weighted by Gasteiger charge is -2.47. The van der Waals surface area contributed by atoms with Crippen LogP contribution >= 0.6 is 0 Å². The number of nitrogens with zero attached hydrogens (tertiary/aromatic N) is 4. The van der Waals surface area contributed by atoms with Crippen LogP contribution in [0.3, 0.4) is 0 Å². The number of rotatable bonds is 3. The molecule has 7 rings (SSSR count). The number of benzene rings is 1. The van der Waals surface area contributed by atoms with Gasteiger partial charge < -0.3 is 9.26 Å². The zero-order valence-electron chi connectivity index (χ0n) is 19.6. The van der Waals surface area contributed by atoms with Crippen molar-refractivity contribution in [1.29, 1.82) is 0 Å². The first kappa shape index (κ1) is 20.1. The zero-order chi connectivity index (χ0) is 22.9. The van der Waals surface area contributed by atoms with E-state index in [1.165, 1.54) is 17.5 Å². The van der Waals surface area contributed by atoms with E-state index in [1.54, 1.807) is 0 Å². The van der Waals surface area contributed by atoms with Crippen LogP contribution < -0.4 is 4.74 Å². The molecule has 3 heterocycles. The van der Waals surface area contributed by atoms with Gasteiger partial charge in [-0.15, -0.1) is 0 Å². The van der Waals surface area contributed by atoms with E-state index < -0.39 is 0 Å². The summed E-state index contributed by atoms with van der Waals surface area (Å²) in [6.45, 7) is 4.65. The van der Waals surface area contributed by atoms with Crippen molar-refractivity contribution in [2.24, 2.45) is 5.92 Å². The molecule has 0 saturated heterocycles. The fraction of sp³-hybridized carbons (Fsp3) is 0.429. The molecule has 1 aromatic carbocycles. The maximum Gasteiger partial charge on any atom is 0.220 e. The molecular weight excluding hydrogens is 424 g/mol. The molecule has 3 aromatic heterocycles. The molecule has 0 spiro atoms. The summed E-state index contributed by atoms with van der Waals surface area (Å²) >= 11 is 0. The monoisotopic (exact) mass is 452 g/mol. The number of hydrogen-bond donors (Lipinski definition) is 0. The lowest BCUT2D eigenvalue weighted by molar-refractivity contribution is 0.109. The van der Waals surface area contributed by atoms with Gasteiger partial charge >= 0.3 is 0 Å². The molecule has 4 aromatic rings. The standard InChI is InChI=1S/C28H28N4O2/c1-16-22-11-10-21-25(28(22,2)14-17-15-30-34-24(16)17)31-26(32-27(21)33-18-6-5-7-18)20-12-13-29-23-9-4-3-8-19(20)23/h3-4,8-9,12-13,15-16,18,22H,5-7,10-11,14H2,1-2H3/t16-,22-,28-/m1/s1. The van der Waals surface area contributed by atoms with Gasteiger partial charge in [0.1, 0.15) is 11.9 Å². The lowest BCUT2D eigenvalue weighted by atomic mass is 9.56. The van der Waals surface area contributed by atoms with Gasteiger partial charge in [0.25, 0.3) is 0 Å². The Morgan fingerprint density at radius 3 is 2.82 bits per heavy atom. The Balaban J connectivity index is 1.44. The molecule has 0 unspecified atom stereocenters. The molecule has 0 N–H and O–H groups in total. The normalized spacial score (nSPS) is 25.8. The van der Waals surface area contributed by atoms with E-state index in [1.807, 2.05) is 36.7 Å². The highest BCUT2D eigenvalue weighted by Crippen LogP contribution is 2.54. The fourth-order valence-corrected chi connectivity index (χ4v) is 6.48. The van der Waals surface area contributed by atoms with Gasteiger partial charge in [-0.05, 0) is 56.6 Å². The molecule has 3 aliphatic rings. The van der Waals surface area contributed by atoms with Crippen molar-refractivity contribution < 1.29 is 9.26 Å². The molecule has 3 atom stereocenters. The highest BCUT2D eigenvalue weighted by atomic mass is 16.5. The molecule has 0 bridgehead atoms. The first-order valence-corrected chi connectivity index (χ1v) is 12.5. The highest BCUT2D eigenvalue weighted by Gasteiger charge is 2.51. The van der Waals surface area contributed by atoms with Gasteiger partial charge in [-0.2, -0.15) is 4.98 Å². The summed E-state index contributed by atoms with van der Waals surface area (Å²) in [7, 11) is 0. The Hall–Kier alpha value is -3.28. The van der Waals surface area contributed by atoms with E-state index in [-0.39, 0.29) is 11.5 Å². The Kier molecular flexibility index (Phi) is 4.36. The van der Waals surface area contributed by atoms with Crippen LogP contribution in [0.15, 0.2) is 47.2 Å².